The second kappa shape index (κ2) is 4.82. The third-order valence-corrected chi connectivity index (χ3v) is 4.10. The number of nitrogens with zero attached hydrogens (tertiary/aromatic N) is 2. The molecule has 0 unspecified atom stereocenters. The molecule has 1 aliphatic rings. The zero-order valence-electron chi connectivity index (χ0n) is 11.6. The molecule has 0 saturated heterocycles. The molecule has 2 aromatic carbocycles. The Balaban J connectivity index is 1.90. The van der Waals surface area contributed by atoms with Crippen molar-refractivity contribution in [3.8, 4) is 11.4 Å². The minimum Gasteiger partial charge on any atom is -0.308 e. The number of aryl methyl sites for hydroxylation is 2. The molecule has 0 aliphatic heterocycles. The van der Waals surface area contributed by atoms with E-state index in [1.165, 1.54) is 24.0 Å². The van der Waals surface area contributed by atoms with Crippen molar-refractivity contribution in [2.45, 2.75) is 19.3 Å². The zero-order chi connectivity index (χ0) is 14.2. The number of rotatable bonds is 2. The number of anilines is 1. The van der Waals surface area contributed by atoms with Gasteiger partial charge in [-0.2, -0.15) is 0 Å². The lowest BCUT2D eigenvalue weighted by Gasteiger charge is -2.09. The second-order valence-corrected chi connectivity index (χ2v) is 5.39. The van der Waals surface area contributed by atoms with Gasteiger partial charge in [0.1, 0.15) is 0 Å². The first-order chi connectivity index (χ1) is 10.3. The highest BCUT2D eigenvalue weighted by atomic mass is 15.3. The number of para-hydroxylation sites is 1. The maximum absolute atomic E-state index is 5.61. The van der Waals surface area contributed by atoms with Crippen molar-refractivity contribution in [2.24, 2.45) is 5.84 Å². The minimum absolute atomic E-state index is 0.663. The van der Waals surface area contributed by atoms with E-state index in [2.05, 4.69) is 33.6 Å². The summed E-state index contributed by atoms with van der Waals surface area (Å²) in [6.07, 6.45) is 3.58. The fraction of sp³-hybridized carbons (Fsp3) is 0.176. The smallest absolute Gasteiger partial charge is 0.162 e. The largest absolute Gasteiger partial charge is 0.308 e. The molecule has 0 radical (unpaired) electrons. The molecule has 0 fully saturated rings. The lowest BCUT2D eigenvalue weighted by atomic mass is 10.1. The molecule has 104 valence electrons. The summed E-state index contributed by atoms with van der Waals surface area (Å²) in [6, 6.07) is 14.4. The average molecular weight is 276 g/mol. The Hall–Kier alpha value is -2.46. The molecule has 0 amide bonds. The van der Waals surface area contributed by atoms with Crippen LogP contribution in [0.4, 0.5) is 5.82 Å². The first kappa shape index (κ1) is 12.3. The molecule has 1 aromatic heterocycles. The fourth-order valence-electron chi connectivity index (χ4n) is 3.03. The highest BCUT2D eigenvalue weighted by Crippen LogP contribution is 2.28. The number of hydrogen-bond donors (Lipinski definition) is 2. The third-order valence-electron chi connectivity index (χ3n) is 4.10. The maximum Gasteiger partial charge on any atom is 0.162 e. The highest BCUT2D eigenvalue weighted by Gasteiger charge is 2.14. The van der Waals surface area contributed by atoms with E-state index in [1.54, 1.807) is 0 Å². The normalized spacial score (nSPS) is 13.4. The van der Waals surface area contributed by atoms with Gasteiger partial charge in [-0.1, -0.05) is 24.3 Å². The topological polar surface area (TPSA) is 63.8 Å². The van der Waals surface area contributed by atoms with Crippen LogP contribution in [0, 0.1) is 0 Å². The monoisotopic (exact) mass is 276 g/mol. The van der Waals surface area contributed by atoms with Crippen molar-refractivity contribution in [3.63, 3.8) is 0 Å². The number of fused-ring (bicyclic) bond motifs is 2. The summed E-state index contributed by atoms with van der Waals surface area (Å²) in [7, 11) is 0. The SMILES string of the molecule is NNc1nc(-c2ccc3c(c2)CCC3)nc2ccccc12. The molecule has 0 saturated carbocycles. The summed E-state index contributed by atoms with van der Waals surface area (Å²) in [5, 5.41) is 0.935. The number of hydrogen-bond acceptors (Lipinski definition) is 4. The number of hydrazine groups is 1. The van der Waals surface area contributed by atoms with Crippen LogP contribution in [-0.4, -0.2) is 9.97 Å². The molecule has 4 heteroatoms. The molecular weight excluding hydrogens is 260 g/mol. The summed E-state index contributed by atoms with van der Waals surface area (Å²) in [5.74, 6) is 6.99. The van der Waals surface area contributed by atoms with Gasteiger partial charge in [0.15, 0.2) is 11.6 Å². The van der Waals surface area contributed by atoms with Gasteiger partial charge in [-0.3, -0.25) is 0 Å². The van der Waals surface area contributed by atoms with E-state index in [1.807, 2.05) is 24.3 Å². The van der Waals surface area contributed by atoms with E-state index in [4.69, 9.17) is 5.84 Å². The Morgan fingerprint density at radius 3 is 2.71 bits per heavy atom. The Morgan fingerprint density at radius 1 is 0.952 bits per heavy atom. The van der Waals surface area contributed by atoms with Gasteiger partial charge in [-0.05, 0) is 48.6 Å². The van der Waals surface area contributed by atoms with Gasteiger partial charge in [-0.15, -0.1) is 0 Å². The summed E-state index contributed by atoms with van der Waals surface area (Å²) in [5.41, 5.74) is 7.51. The van der Waals surface area contributed by atoms with Crippen LogP contribution >= 0.6 is 0 Å². The molecule has 3 aromatic rings. The summed E-state index contributed by atoms with van der Waals surface area (Å²) in [4.78, 5) is 9.24. The number of nitrogen functional groups attached to an aromatic ring is 1. The van der Waals surface area contributed by atoms with Crippen LogP contribution in [0.5, 0.6) is 0 Å². The molecule has 0 spiro atoms. The van der Waals surface area contributed by atoms with Crippen LogP contribution in [0.1, 0.15) is 17.5 Å². The molecule has 1 aliphatic carbocycles. The fourth-order valence-corrected chi connectivity index (χ4v) is 3.03. The predicted molar refractivity (Wildman–Crippen MR) is 84.8 cm³/mol. The molecular formula is C17H16N4. The van der Waals surface area contributed by atoms with Gasteiger partial charge in [0.2, 0.25) is 0 Å². The van der Waals surface area contributed by atoms with E-state index >= 15 is 0 Å². The van der Waals surface area contributed by atoms with Crippen molar-refractivity contribution < 1.29 is 0 Å². The standard InChI is InChI=1S/C17H16N4/c18-21-17-14-6-1-2-7-15(14)19-16(20-17)13-9-8-11-4-3-5-12(11)10-13/h1-2,6-10H,3-5,18H2,(H,19,20,21). The molecule has 4 rings (SSSR count). The van der Waals surface area contributed by atoms with Crippen LogP contribution in [-0.2, 0) is 12.8 Å². The number of aromatic nitrogens is 2. The van der Waals surface area contributed by atoms with Gasteiger partial charge in [0, 0.05) is 10.9 Å². The zero-order valence-corrected chi connectivity index (χ0v) is 11.6. The highest BCUT2D eigenvalue weighted by molar-refractivity contribution is 5.90. The number of benzene rings is 2. The van der Waals surface area contributed by atoms with Crippen LogP contribution in [0.15, 0.2) is 42.5 Å². The van der Waals surface area contributed by atoms with Gasteiger partial charge >= 0.3 is 0 Å². The maximum atomic E-state index is 5.61. The Labute approximate surface area is 123 Å². The van der Waals surface area contributed by atoms with Crippen molar-refractivity contribution in [1.82, 2.24) is 9.97 Å². The first-order valence-corrected chi connectivity index (χ1v) is 7.21. The van der Waals surface area contributed by atoms with E-state index < -0.39 is 0 Å². The van der Waals surface area contributed by atoms with Crippen molar-refractivity contribution >= 4 is 16.7 Å². The van der Waals surface area contributed by atoms with E-state index in [0.717, 1.165) is 28.7 Å². The molecule has 0 bridgehead atoms. The van der Waals surface area contributed by atoms with E-state index in [-0.39, 0.29) is 0 Å². The predicted octanol–water partition coefficient (Wildman–Crippen LogP) is 3.07. The number of nitrogens with two attached hydrogens (primary N) is 1. The van der Waals surface area contributed by atoms with Gasteiger partial charge in [0.25, 0.3) is 0 Å². The molecule has 21 heavy (non-hydrogen) atoms. The van der Waals surface area contributed by atoms with Crippen LogP contribution in [0.25, 0.3) is 22.3 Å². The minimum atomic E-state index is 0.663. The lowest BCUT2D eigenvalue weighted by molar-refractivity contribution is 0.912. The van der Waals surface area contributed by atoms with Gasteiger partial charge < -0.3 is 5.43 Å². The van der Waals surface area contributed by atoms with Crippen LogP contribution in [0.3, 0.4) is 0 Å². The second-order valence-electron chi connectivity index (χ2n) is 5.39. The van der Waals surface area contributed by atoms with Crippen LogP contribution in [0.2, 0.25) is 0 Å². The van der Waals surface area contributed by atoms with E-state index in [9.17, 15) is 0 Å². The summed E-state index contributed by atoms with van der Waals surface area (Å²) < 4.78 is 0. The van der Waals surface area contributed by atoms with Crippen molar-refractivity contribution in [2.75, 3.05) is 5.43 Å². The van der Waals surface area contributed by atoms with Crippen molar-refractivity contribution in [3.05, 3.63) is 53.6 Å². The number of nitrogens with one attached hydrogen (secondary N) is 1. The Kier molecular flexibility index (Phi) is 2.82. The molecule has 3 N–H and O–H groups in total. The molecule has 1 heterocycles. The van der Waals surface area contributed by atoms with Gasteiger partial charge in [-0.25, -0.2) is 15.8 Å². The van der Waals surface area contributed by atoms with E-state index in [0.29, 0.717) is 5.82 Å². The first-order valence-electron chi connectivity index (χ1n) is 7.21. The average Bonchev–Trinajstić information content (AvgIpc) is 3.01. The Bertz CT molecular complexity index is 826. The van der Waals surface area contributed by atoms with Crippen LogP contribution < -0.4 is 11.3 Å². The van der Waals surface area contributed by atoms with Gasteiger partial charge in [0.05, 0.1) is 5.52 Å². The molecule has 0 atom stereocenters. The summed E-state index contributed by atoms with van der Waals surface area (Å²) >= 11 is 0. The quantitative estimate of drug-likeness (QED) is 0.557. The summed E-state index contributed by atoms with van der Waals surface area (Å²) in [6.45, 7) is 0. The third kappa shape index (κ3) is 2.04. The van der Waals surface area contributed by atoms with Crippen molar-refractivity contribution in [1.29, 1.82) is 0 Å². The Morgan fingerprint density at radius 2 is 1.81 bits per heavy atom. The molecule has 4 nitrogen and oxygen atoms in total. The lowest BCUT2D eigenvalue weighted by Crippen LogP contribution is -2.10.